The van der Waals surface area contributed by atoms with Crippen LogP contribution in [0.4, 0.5) is 0 Å². The zero-order chi connectivity index (χ0) is 9.90. The summed E-state index contributed by atoms with van der Waals surface area (Å²) in [7, 11) is 0. The van der Waals surface area contributed by atoms with Gasteiger partial charge >= 0.3 is 0 Å². The maximum Gasteiger partial charge on any atom is 0.0853 e. The van der Waals surface area contributed by atoms with E-state index in [0.29, 0.717) is 5.92 Å². The third-order valence-electron chi connectivity index (χ3n) is 3.57. The minimum absolute atomic E-state index is 0.458. The summed E-state index contributed by atoms with van der Waals surface area (Å²) >= 11 is 0. The van der Waals surface area contributed by atoms with E-state index in [4.69, 9.17) is 0 Å². The molecule has 0 heterocycles. The number of aliphatic hydroxyl groups is 1. The van der Waals surface area contributed by atoms with Gasteiger partial charge in [0.25, 0.3) is 0 Å². The van der Waals surface area contributed by atoms with Crippen LogP contribution in [0.25, 0.3) is 0 Å². The Hall–Kier alpha value is -0.300. The summed E-state index contributed by atoms with van der Waals surface area (Å²) in [6, 6.07) is 0. The van der Waals surface area contributed by atoms with Gasteiger partial charge in [-0.1, -0.05) is 26.3 Å². The van der Waals surface area contributed by atoms with E-state index in [2.05, 4.69) is 20.4 Å². The second-order valence-corrected chi connectivity index (χ2v) is 4.53. The standard InChI is InChI=1S/C12H22O/c1-4-10(3)9-11-7-6-8-12(11,13)5-2/h5,10-11,13H,2,4,6-9H2,1,3H3. The summed E-state index contributed by atoms with van der Waals surface area (Å²) in [4.78, 5) is 0. The predicted octanol–water partition coefficient (Wildman–Crippen LogP) is 3.14. The molecule has 0 bridgehead atoms. The van der Waals surface area contributed by atoms with Gasteiger partial charge in [-0.3, -0.25) is 0 Å². The van der Waals surface area contributed by atoms with Crippen LogP contribution >= 0.6 is 0 Å². The van der Waals surface area contributed by atoms with Gasteiger partial charge < -0.3 is 5.11 Å². The van der Waals surface area contributed by atoms with E-state index < -0.39 is 5.60 Å². The predicted molar refractivity (Wildman–Crippen MR) is 56.6 cm³/mol. The molecule has 1 aliphatic rings. The maximum atomic E-state index is 10.2. The summed E-state index contributed by atoms with van der Waals surface area (Å²) < 4.78 is 0. The van der Waals surface area contributed by atoms with E-state index in [9.17, 15) is 5.11 Å². The Morgan fingerprint density at radius 3 is 2.92 bits per heavy atom. The average molecular weight is 182 g/mol. The maximum absolute atomic E-state index is 10.2. The Kier molecular flexibility index (Phi) is 3.55. The summed E-state index contributed by atoms with van der Waals surface area (Å²) in [5.41, 5.74) is -0.552. The van der Waals surface area contributed by atoms with Crippen LogP contribution in [-0.2, 0) is 0 Å². The van der Waals surface area contributed by atoms with Crippen LogP contribution in [0.5, 0.6) is 0 Å². The first kappa shape index (κ1) is 10.8. The first-order chi connectivity index (χ1) is 6.12. The van der Waals surface area contributed by atoms with Crippen molar-refractivity contribution in [1.29, 1.82) is 0 Å². The topological polar surface area (TPSA) is 20.2 Å². The van der Waals surface area contributed by atoms with Crippen molar-refractivity contribution < 1.29 is 5.11 Å². The van der Waals surface area contributed by atoms with Crippen LogP contribution in [-0.4, -0.2) is 10.7 Å². The fourth-order valence-electron chi connectivity index (χ4n) is 2.33. The molecule has 0 aromatic rings. The quantitative estimate of drug-likeness (QED) is 0.662. The normalized spacial score (nSPS) is 36.1. The van der Waals surface area contributed by atoms with E-state index in [-0.39, 0.29) is 0 Å². The smallest absolute Gasteiger partial charge is 0.0853 e. The van der Waals surface area contributed by atoms with Crippen molar-refractivity contribution in [1.82, 2.24) is 0 Å². The van der Waals surface area contributed by atoms with Crippen molar-refractivity contribution in [2.45, 2.75) is 51.6 Å². The first-order valence-electron chi connectivity index (χ1n) is 5.48. The lowest BCUT2D eigenvalue weighted by Gasteiger charge is -2.28. The zero-order valence-corrected chi connectivity index (χ0v) is 8.92. The molecule has 1 aliphatic carbocycles. The monoisotopic (exact) mass is 182 g/mol. The molecule has 0 aromatic carbocycles. The molecule has 3 atom stereocenters. The van der Waals surface area contributed by atoms with Gasteiger partial charge in [-0.15, -0.1) is 6.58 Å². The molecule has 0 aromatic heterocycles. The third kappa shape index (κ3) is 2.34. The molecule has 76 valence electrons. The van der Waals surface area contributed by atoms with Gasteiger partial charge in [0, 0.05) is 0 Å². The lowest BCUT2D eigenvalue weighted by Crippen LogP contribution is -2.31. The van der Waals surface area contributed by atoms with Crippen LogP contribution in [0.1, 0.15) is 46.0 Å². The van der Waals surface area contributed by atoms with Crippen molar-refractivity contribution >= 4 is 0 Å². The summed E-state index contributed by atoms with van der Waals surface area (Å²) in [5.74, 6) is 1.19. The van der Waals surface area contributed by atoms with E-state index >= 15 is 0 Å². The molecule has 13 heavy (non-hydrogen) atoms. The van der Waals surface area contributed by atoms with Crippen molar-refractivity contribution in [3.8, 4) is 0 Å². The lowest BCUT2D eigenvalue weighted by atomic mass is 9.83. The molecular weight excluding hydrogens is 160 g/mol. The van der Waals surface area contributed by atoms with Gasteiger partial charge in [0.1, 0.15) is 0 Å². The molecule has 1 saturated carbocycles. The van der Waals surface area contributed by atoms with Crippen LogP contribution < -0.4 is 0 Å². The van der Waals surface area contributed by atoms with Crippen molar-refractivity contribution in [3.05, 3.63) is 12.7 Å². The van der Waals surface area contributed by atoms with E-state index in [0.717, 1.165) is 25.2 Å². The first-order valence-corrected chi connectivity index (χ1v) is 5.48. The molecule has 1 heteroatoms. The molecular formula is C12H22O. The molecule has 1 nitrogen and oxygen atoms in total. The van der Waals surface area contributed by atoms with E-state index in [1.807, 2.05) is 0 Å². The molecule has 0 amide bonds. The Morgan fingerprint density at radius 2 is 2.38 bits per heavy atom. The van der Waals surface area contributed by atoms with Gasteiger partial charge in [-0.2, -0.15) is 0 Å². The average Bonchev–Trinajstić information content (AvgIpc) is 2.49. The van der Waals surface area contributed by atoms with Crippen molar-refractivity contribution in [2.24, 2.45) is 11.8 Å². The van der Waals surface area contributed by atoms with Crippen molar-refractivity contribution in [2.75, 3.05) is 0 Å². The highest BCUT2D eigenvalue weighted by molar-refractivity contribution is 5.04. The zero-order valence-electron chi connectivity index (χ0n) is 8.92. The minimum Gasteiger partial charge on any atom is -0.386 e. The highest BCUT2D eigenvalue weighted by Gasteiger charge is 2.38. The molecule has 1 fully saturated rings. The summed E-state index contributed by atoms with van der Waals surface area (Å²) in [5, 5.41) is 10.2. The van der Waals surface area contributed by atoms with Crippen LogP contribution in [0.2, 0.25) is 0 Å². The molecule has 0 saturated heterocycles. The minimum atomic E-state index is -0.552. The molecule has 1 rings (SSSR count). The molecule has 0 spiro atoms. The van der Waals surface area contributed by atoms with E-state index in [1.54, 1.807) is 6.08 Å². The Morgan fingerprint density at radius 1 is 1.69 bits per heavy atom. The Bertz CT molecular complexity index is 176. The fourth-order valence-corrected chi connectivity index (χ4v) is 2.33. The molecule has 0 radical (unpaired) electrons. The molecule has 3 unspecified atom stereocenters. The molecule has 1 N–H and O–H groups in total. The fraction of sp³-hybridized carbons (Fsp3) is 0.833. The second-order valence-electron chi connectivity index (χ2n) is 4.53. The Labute approximate surface area is 81.9 Å². The summed E-state index contributed by atoms with van der Waals surface area (Å²) in [6.45, 7) is 8.23. The number of hydrogen-bond donors (Lipinski definition) is 1. The Balaban J connectivity index is 2.53. The third-order valence-corrected chi connectivity index (χ3v) is 3.57. The van der Waals surface area contributed by atoms with Crippen molar-refractivity contribution in [3.63, 3.8) is 0 Å². The highest BCUT2D eigenvalue weighted by atomic mass is 16.3. The molecule has 0 aliphatic heterocycles. The van der Waals surface area contributed by atoms with Gasteiger partial charge in [0.2, 0.25) is 0 Å². The largest absolute Gasteiger partial charge is 0.386 e. The van der Waals surface area contributed by atoms with E-state index in [1.165, 1.54) is 12.8 Å². The van der Waals surface area contributed by atoms with Gasteiger partial charge in [0.05, 0.1) is 5.60 Å². The van der Waals surface area contributed by atoms with Gasteiger partial charge in [0.15, 0.2) is 0 Å². The van der Waals surface area contributed by atoms with Gasteiger partial charge in [-0.25, -0.2) is 0 Å². The highest BCUT2D eigenvalue weighted by Crippen LogP contribution is 2.40. The SMILES string of the molecule is C=CC1(O)CCCC1CC(C)CC. The lowest BCUT2D eigenvalue weighted by molar-refractivity contribution is 0.0411. The number of rotatable bonds is 4. The van der Waals surface area contributed by atoms with Crippen LogP contribution in [0, 0.1) is 11.8 Å². The summed E-state index contributed by atoms with van der Waals surface area (Å²) in [6.07, 6.45) is 7.36. The van der Waals surface area contributed by atoms with Gasteiger partial charge in [-0.05, 0) is 37.5 Å². The second kappa shape index (κ2) is 4.28. The van der Waals surface area contributed by atoms with Crippen LogP contribution in [0.3, 0.4) is 0 Å². The van der Waals surface area contributed by atoms with Crippen LogP contribution in [0.15, 0.2) is 12.7 Å². The number of hydrogen-bond acceptors (Lipinski definition) is 1.